The molecule has 0 radical (unpaired) electrons. The van der Waals surface area contributed by atoms with Gasteiger partial charge in [0.15, 0.2) is 5.78 Å². The number of rotatable bonds is 6. The van der Waals surface area contributed by atoms with Gasteiger partial charge in [-0.25, -0.2) is 0 Å². The molecule has 3 aromatic rings. The first-order valence-electron chi connectivity index (χ1n) is 10.7. The van der Waals surface area contributed by atoms with E-state index in [9.17, 15) is 4.79 Å². The summed E-state index contributed by atoms with van der Waals surface area (Å²) in [6, 6.07) is 26.7. The van der Waals surface area contributed by atoms with Gasteiger partial charge in [0, 0.05) is 17.2 Å². The van der Waals surface area contributed by atoms with Gasteiger partial charge >= 0.3 is 0 Å². The maximum absolute atomic E-state index is 12.6. The summed E-state index contributed by atoms with van der Waals surface area (Å²) in [6.07, 6.45) is 7.35. The monoisotopic (exact) mass is 383 g/mol. The Kier molecular flexibility index (Phi) is 6.21. The molecule has 0 heterocycles. The van der Waals surface area contributed by atoms with Crippen LogP contribution < -0.4 is 5.73 Å². The lowest BCUT2D eigenvalue weighted by molar-refractivity contribution is 0.103. The van der Waals surface area contributed by atoms with E-state index in [0.717, 1.165) is 29.0 Å². The maximum Gasteiger partial charge on any atom is 0.193 e. The Morgan fingerprint density at radius 2 is 1.28 bits per heavy atom. The number of carbonyl (C=O) groups excluding carboxylic acids is 1. The van der Waals surface area contributed by atoms with E-state index >= 15 is 0 Å². The summed E-state index contributed by atoms with van der Waals surface area (Å²) in [5, 5.41) is 0. The van der Waals surface area contributed by atoms with Gasteiger partial charge in [-0.15, -0.1) is 0 Å². The highest BCUT2D eigenvalue weighted by Crippen LogP contribution is 2.28. The predicted molar refractivity (Wildman–Crippen MR) is 120 cm³/mol. The number of carbonyl (C=O) groups is 1. The summed E-state index contributed by atoms with van der Waals surface area (Å²) < 4.78 is 0. The molecule has 1 saturated carbocycles. The van der Waals surface area contributed by atoms with Crippen LogP contribution in [0.3, 0.4) is 0 Å². The van der Waals surface area contributed by atoms with Gasteiger partial charge in [0.2, 0.25) is 0 Å². The van der Waals surface area contributed by atoms with Crippen molar-refractivity contribution in [2.75, 3.05) is 0 Å². The molecular weight excluding hydrogens is 354 g/mol. The van der Waals surface area contributed by atoms with E-state index < -0.39 is 0 Å². The van der Waals surface area contributed by atoms with Crippen molar-refractivity contribution in [1.82, 2.24) is 0 Å². The summed E-state index contributed by atoms with van der Waals surface area (Å²) >= 11 is 0. The van der Waals surface area contributed by atoms with Crippen molar-refractivity contribution in [2.24, 2.45) is 11.7 Å². The topological polar surface area (TPSA) is 43.1 Å². The Morgan fingerprint density at radius 1 is 0.724 bits per heavy atom. The molecule has 0 bridgehead atoms. The Bertz CT molecular complexity index is 921. The number of hydrogen-bond acceptors (Lipinski definition) is 2. The van der Waals surface area contributed by atoms with Crippen molar-refractivity contribution in [3.63, 3.8) is 0 Å². The van der Waals surface area contributed by atoms with Crippen molar-refractivity contribution < 1.29 is 4.79 Å². The van der Waals surface area contributed by atoms with Crippen LogP contribution in [0.2, 0.25) is 0 Å². The summed E-state index contributed by atoms with van der Waals surface area (Å²) in [4.78, 5) is 12.6. The average Bonchev–Trinajstić information content (AvgIpc) is 2.79. The Labute approximate surface area is 173 Å². The SMILES string of the molecule is NC1CCC(CCc2ccc(-c3ccc(C(=O)c4ccccc4)cc3)cc2)CC1. The first-order chi connectivity index (χ1) is 14.2. The zero-order valence-electron chi connectivity index (χ0n) is 16.9. The highest BCUT2D eigenvalue weighted by molar-refractivity contribution is 6.09. The van der Waals surface area contributed by atoms with Crippen molar-refractivity contribution in [1.29, 1.82) is 0 Å². The molecular formula is C27H29NO. The van der Waals surface area contributed by atoms with Crippen molar-refractivity contribution in [3.05, 3.63) is 95.6 Å². The number of nitrogens with two attached hydrogens (primary N) is 1. The molecule has 0 aliphatic heterocycles. The smallest absolute Gasteiger partial charge is 0.193 e. The molecule has 4 rings (SSSR count). The molecule has 0 aromatic heterocycles. The Hall–Kier alpha value is -2.71. The van der Waals surface area contributed by atoms with Crippen LogP contribution in [-0.2, 0) is 6.42 Å². The van der Waals surface area contributed by atoms with E-state index in [1.807, 2.05) is 54.6 Å². The molecule has 0 saturated heterocycles. The van der Waals surface area contributed by atoms with Crippen LogP contribution in [0.1, 0.15) is 53.6 Å². The number of ketones is 1. The van der Waals surface area contributed by atoms with Crippen LogP contribution >= 0.6 is 0 Å². The second kappa shape index (κ2) is 9.19. The minimum Gasteiger partial charge on any atom is -0.328 e. The summed E-state index contributed by atoms with van der Waals surface area (Å²) in [5.74, 6) is 0.903. The van der Waals surface area contributed by atoms with Crippen LogP contribution in [0, 0.1) is 5.92 Å². The van der Waals surface area contributed by atoms with Crippen molar-refractivity contribution in [3.8, 4) is 11.1 Å². The van der Waals surface area contributed by atoms with Gasteiger partial charge in [0.25, 0.3) is 0 Å². The lowest BCUT2D eigenvalue weighted by atomic mass is 9.83. The van der Waals surface area contributed by atoms with E-state index in [4.69, 9.17) is 5.73 Å². The van der Waals surface area contributed by atoms with Crippen LogP contribution in [-0.4, -0.2) is 11.8 Å². The molecule has 0 spiro atoms. The lowest BCUT2D eigenvalue weighted by Crippen LogP contribution is -2.26. The van der Waals surface area contributed by atoms with Gasteiger partial charge in [-0.2, -0.15) is 0 Å². The van der Waals surface area contributed by atoms with Gasteiger partial charge in [-0.3, -0.25) is 4.79 Å². The van der Waals surface area contributed by atoms with Crippen LogP contribution in [0.4, 0.5) is 0 Å². The van der Waals surface area contributed by atoms with Crippen LogP contribution in [0.5, 0.6) is 0 Å². The van der Waals surface area contributed by atoms with Gasteiger partial charge in [0.05, 0.1) is 0 Å². The fourth-order valence-corrected chi connectivity index (χ4v) is 4.28. The standard InChI is InChI=1S/C27H29NO/c28-26-18-10-21(11-19-26)7-6-20-8-12-22(13-9-20)23-14-16-25(17-15-23)27(29)24-4-2-1-3-5-24/h1-5,8-9,12-17,21,26H,6-7,10-11,18-19,28H2. The molecule has 1 fully saturated rings. The zero-order valence-corrected chi connectivity index (χ0v) is 16.9. The Morgan fingerprint density at radius 3 is 1.90 bits per heavy atom. The molecule has 1 aliphatic rings. The predicted octanol–water partition coefficient (Wildman–Crippen LogP) is 6.03. The molecule has 1 aliphatic carbocycles. The third-order valence-corrected chi connectivity index (χ3v) is 6.20. The number of aryl methyl sites for hydroxylation is 1. The molecule has 148 valence electrons. The second-order valence-corrected chi connectivity index (χ2v) is 8.29. The third-order valence-electron chi connectivity index (χ3n) is 6.20. The van der Waals surface area contributed by atoms with Crippen molar-refractivity contribution >= 4 is 5.78 Å². The first-order valence-corrected chi connectivity index (χ1v) is 10.7. The maximum atomic E-state index is 12.6. The quantitative estimate of drug-likeness (QED) is 0.528. The van der Waals surface area contributed by atoms with E-state index in [1.54, 1.807) is 0 Å². The highest BCUT2D eigenvalue weighted by atomic mass is 16.1. The number of hydrogen-bond donors (Lipinski definition) is 1. The molecule has 2 nitrogen and oxygen atoms in total. The fourth-order valence-electron chi connectivity index (χ4n) is 4.28. The number of benzene rings is 3. The molecule has 2 N–H and O–H groups in total. The Balaban J connectivity index is 1.37. The molecule has 0 amide bonds. The lowest BCUT2D eigenvalue weighted by Gasteiger charge is -2.25. The summed E-state index contributed by atoms with van der Waals surface area (Å²) in [7, 11) is 0. The molecule has 2 heteroatoms. The summed E-state index contributed by atoms with van der Waals surface area (Å²) in [6.45, 7) is 0. The third kappa shape index (κ3) is 5.02. The minimum atomic E-state index is 0.0659. The van der Waals surface area contributed by atoms with Gasteiger partial charge in [0.1, 0.15) is 0 Å². The second-order valence-electron chi connectivity index (χ2n) is 8.29. The van der Waals surface area contributed by atoms with Gasteiger partial charge in [-0.05, 0) is 61.1 Å². The molecule has 3 aromatic carbocycles. The van der Waals surface area contributed by atoms with Crippen molar-refractivity contribution in [2.45, 2.75) is 44.6 Å². The van der Waals surface area contributed by atoms with Crippen LogP contribution in [0.25, 0.3) is 11.1 Å². The normalized spacial score (nSPS) is 19.1. The molecule has 0 unspecified atom stereocenters. The van der Waals surface area contributed by atoms with Crippen LogP contribution in [0.15, 0.2) is 78.9 Å². The van der Waals surface area contributed by atoms with E-state index in [-0.39, 0.29) is 5.78 Å². The van der Waals surface area contributed by atoms with Gasteiger partial charge in [-0.1, -0.05) is 78.9 Å². The fraction of sp³-hybridized carbons (Fsp3) is 0.296. The largest absolute Gasteiger partial charge is 0.328 e. The van der Waals surface area contributed by atoms with E-state index in [1.165, 1.54) is 43.2 Å². The summed E-state index contributed by atoms with van der Waals surface area (Å²) in [5.41, 5.74) is 11.2. The minimum absolute atomic E-state index is 0.0659. The molecule has 29 heavy (non-hydrogen) atoms. The van der Waals surface area contributed by atoms with E-state index in [0.29, 0.717) is 6.04 Å². The highest BCUT2D eigenvalue weighted by Gasteiger charge is 2.18. The van der Waals surface area contributed by atoms with Gasteiger partial charge < -0.3 is 5.73 Å². The van der Waals surface area contributed by atoms with E-state index in [2.05, 4.69) is 24.3 Å². The zero-order chi connectivity index (χ0) is 20.1. The molecule has 0 atom stereocenters. The average molecular weight is 384 g/mol. The first kappa shape index (κ1) is 19.6.